The van der Waals surface area contributed by atoms with Crippen molar-refractivity contribution >= 4 is 46.4 Å². The van der Waals surface area contributed by atoms with E-state index < -0.39 is 5.91 Å². The molecular weight excluding hydrogens is 451 g/mol. The molecule has 1 aliphatic rings. The van der Waals surface area contributed by atoms with Crippen LogP contribution in [0.25, 0.3) is 0 Å². The molecule has 1 saturated heterocycles. The Balaban J connectivity index is 1.19. The number of nitrogens with one attached hydrogen (secondary N) is 1. The van der Waals surface area contributed by atoms with E-state index in [4.69, 9.17) is 0 Å². The third kappa shape index (κ3) is 5.80. The highest BCUT2D eigenvalue weighted by Crippen LogP contribution is 2.19. The standard InChI is InChI=1S/C21H21FN6O2S2/c22-15-4-6-16(7-5-15)24-20(30)21-26-25-18(32-21)13-31-14-19(29)28-11-9-27(10-12-28)17-3-1-2-8-23-17/h1-8H,9-14H2,(H,24,30). The summed E-state index contributed by atoms with van der Waals surface area (Å²) in [5.74, 6) is 1.11. The lowest BCUT2D eigenvalue weighted by atomic mass is 10.3. The topological polar surface area (TPSA) is 91.3 Å². The van der Waals surface area contributed by atoms with Crippen molar-refractivity contribution in [3.05, 3.63) is 64.5 Å². The van der Waals surface area contributed by atoms with Gasteiger partial charge in [-0.3, -0.25) is 9.59 Å². The van der Waals surface area contributed by atoms with Crippen molar-refractivity contribution in [2.45, 2.75) is 5.75 Å². The molecule has 2 aromatic heterocycles. The number of hydrogen-bond donors (Lipinski definition) is 1. The Morgan fingerprint density at radius 2 is 1.84 bits per heavy atom. The average Bonchev–Trinajstić information content (AvgIpc) is 3.30. The van der Waals surface area contributed by atoms with Crippen molar-refractivity contribution in [2.75, 3.05) is 42.1 Å². The van der Waals surface area contributed by atoms with E-state index in [1.165, 1.54) is 47.4 Å². The van der Waals surface area contributed by atoms with Crippen molar-refractivity contribution in [2.24, 2.45) is 0 Å². The summed E-state index contributed by atoms with van der Waals surface area (Å²) in [4.78, 5) is 33.2. The summed E-state index contributed by atoms with van der Waals surface area (Å²) in [5.41, 5.74) is 0.483. The van der Waals surface area contributed by atoms with Crippen LogP contribution in [0.15, 0.2) is 48.7 Å². The van der Waals surface area contributed by atoms with Gasteiger partial charge in [0.1, 0.15) is 16.6 Å². The number of carbonyl (C=O) groups is 2. The molecule has 11 heteroatoms. The molecule has 0 bridgehead atoms. The maximum Gasteiger partial charge on any atom is 0.286 e. The molecule has 2 amide bonds. The van der Waals surface area contributed by atoms with E-state index in [1.54, 1.807) is 6.20 Å². The zero-order valence-electron chi connectivity index (χ0n) is 17.1. The third-order valence-corrected chi connectivity index (χ3v) is 6.85. The molecular formula is C21H21FN6O2S2. The van der Waals surface area contributed by atoms with Crippen LogP contribution in [0.2, 0.25) is 0 Å². The van der Waals surface area contributed by atoms with Gasteiger partial charge in [0.25, 0.3) is 5.91 Å². The molecule has 166 valence electrons. The lowest BCUT2D eigenvalue weighted by molar-refractivity contribution is -0.128. The Morgan fingerprint density at radius 3 is 2.56 bits per heavy atom. The minimum Gasteiger partial charge on any atom is -0.353 e. The molecule has 0 radical (unpaired) electrons. The van der Waals surface area contributed by atoms with Gasteiger partial charge in [-0.2, -0.15) is 0 Å². The van der Waals surface area contributed by atoms with Crippen LogP contribution in [-0.2, 0) is 10.5 Å². The van der Waals surface area contributed by atoms with Crippen LogP contribution in [0.3, 0.4) is 0 Å². The van der Waals surface area contributed by atoms with Crippen LogP contribution >= 0.6 is 23.1 Å². The van der Waals surface area contributed by atoms with Gasteiger partial charge in [0, 0.05) is 43.8 Å². The van der Waals surface area contributed by atoms with Crippen molar-refractivity contribution in [1.82, 2.24) is 20.1 Å². The van der Waals surface area contributed by atoms with Crippen LogP contribution in [0.4, 0.5) is 15.9 Å². The minimum atomic E-state index is -0.396. The lowest BCUT2D eigenvalue weighted by Gasteiger charge is -2.35. The van der Waals surface area contributed by atoms with Gasteiger partial charge in [-0.1, -0.05) is 17.4 Å². The predicted octanol–water partition coefficient (Wildman–Crippen LogP) is 2.91. The molecule has 0 spiro atoms. The summed E-state index contributed by atoms with van der Waals surface area (Å²) < 4.78 is 13.0. The molecule has 1 aromatic carbocycles. The number of aromatic nitrogens is 3. The van der Waals surface area contributed by atoms with Gasteiger partial charge in [-0.25, -0.2) is 9.37 Å². The monoisotopic (exact) mass is 472 g/mol. The molecule has 1 fully saturated rings. The Labute approximate surface area is 192 Å². The number of halogens is 1. The Morgan fingerprint density at radius 1 is 1.06 bits per heavy atom. The molecule has 1 aliphatic heterocycles. The summed E-state index contributed by atoms with van der Waals surface area (Å²) in [6.45, 7) is 2.86. The fourth-order valence-electron chi connectivity index (χ4n) is 3.16. The summed E-state index contributed by atoms with van der Waals surface area (Å²) >= 11 is 2.63. The van der Waals surface area contributed by atoms with Crippen molar-refractivity contribution in [1.29, 1.82) is 0 Å². The highest BCUT2D eigenvalue weighted by atomic mass is 32.2. The lowest BCUT2D eigenvalue weighted by Crippen LogP contribution is -2.49. The molecule has 0 atom stereocenters. The van der Waals surface area contributed by atoms with Crippen molar-refractivity contribution in [3.63, 3.8) is 0 Å². The summed E-state index contributed by atoms with van der Waals surface area (Å²) in [6.07, 6.45) is 1.77. The average molecular weight is 473 g/mol. The molecule has 32 heavy (non-hydrogen) atoms. The molecule has 0 aliphatic carbocycles. The summed E-state index contributed by atoms with van der Waals surface area (Å²) in [5, 5.41) is 11.5. The molecule has 0 saturated carbocycles. The maximum atomic E-state index is 13.0. The van der Waals surface area contributed by atoms with Gasteiger partial charge in [0.2, 0.25) is 10.9 Å². The number of piperazine rings is 1. The van der Waals surface area contributed by atoms with Gasteiger partial charge < -0.3 is 15.1 Å². The number of rotatable bonds is 7. The molecule has 3 aromatic rings. The molecule has 8 nitrogen and oxygen atoms in total. The highest BCUT2D eigenvalue weighted by Gasteiger charge is 2.22. The first-order valence-electron chi connectivity index (χ1n) is 9.99. The zero-order chi connectivity index (χ0) is 22.3. The summed E-state index contributed by atoms with van der Waals surface area (Å²) in [7, 11) is 0. The van der Waals surface area contributed by atoms with Crippen molar-refractivity contribution < 1.29 is 14.0 Å². The van der Waals surface area contributed by atoms with E-state index in [1.807, 2.05) is 23.1 Å². The van der Waals surface area contributed by atoms with Crippen LogP contribution in [-0.4, -0.2) is 63.8 Å². The highest BCUT2D eigenvalue weighted by molar-refractivity contribution is 7.99. The second kappa shape index (κ2) is 10.5. The smallest absolute Gasteiger partial charge is 0.286 e. The van der Waals surface area contributed by atoms with Gasteiger partial charge in [0.15, 0.2) is 0 Å². The zero-order valence-corrected chi connectivity index (χ0v) is 18.7. The maximum absolute atomic E-state index is 13.0. The molecule has 3 heterocycles. The van der Waals surface area contributed by atoms with Gasteiger partial charge >= 0.3 is 0 Å². The second-order valence-corrected chi connectivity index (χ2v) is 9.06. The van der Waals surface area contributed by atoms with E-state index >= 15 is 0 Å². The molecule has 1 N–H and O–H groups in total. The second-order valence-electron chi connectivity index (χ2n) is 7.01. The number of carbonyl (C=O) groups excluding carboxylic acids is 2. The van der Waals surface area contributed by atoms with E-state index in [0.29, 0.717) is 35.3 Å². The first kappa shape index (κ1) is 22.2. The largest absolute Gasteiger partial charge is 0.353 e. The van der Waals surface area contributed by atoms with Crippen LogP contribution in [0.5, 0.6) is 0 Å². The Hall–Kier alpha value is -3.05. The SMILES string of the molecule is O=C(Nc1ccc(F)cc1)c1nnc(CSCC(=O)N2CCN(c3ccccn3)CC2)s1. The predicted molar refractivity (Wildman–Crippen MR) is 123 cm³/mol. The van der Waals surface area contributed by atoms with Crippen LogP contribution < -0.4 is 10.2 Å². The summed E-state index contributed by atoms with van der Waals surface area (Å²) in [6, 6.07) is 11.3. The van der Waals surface area contributed by atoms with E-state index in [-0.39, 0.29) is 16.7 Å². The molecule has 4 rings (SSSR count). The molecule has 0 unspecified atom stereocenters. The van der Waals surface area contributed by atoms with Crippen LogP contribution in [0.1, 0.15) is 14.8 Å². The van der Waals surface area contributed by atoms with Crippen LogP contribution in [0, 0.1) is 5.82 Å². The number of nitrogens with zero attached hydrogens (tertiary/aromatic N) is 5. The number of hydrogen-bond acceptors (Lipinski definition) is 8. The fraction of sp³-hybridized carbons (Fsp3) is 0.286. The number of thioether (sulfide) groups is 1. The first-order valence-corrected chi connectivity index (χ1v) is 12.0. The van der Waals surface area contributed by atoms with Crippen molar-refractivity contribution in [3.8, 4) is 0 Å². The first-order chi connectivity index (χ1) is 15.6. The quantitative estimate of drug-likeness (QED) is 0.565. The number of amides is 2. The minimum absolute atomic E-state index is 0.0921. The fourth-order valence-corrected chi connectivity index (χ4v) is 4.87. The Bertz CT molecular complexity index is 1060. The number of anilines is 2. The normalized spacial score (nSPS) is 13.8. The van der Waals surface area contributed by atoms with Gasteiger partial charge in [-0.15, -0.1) is 22.0 Å². The van der Waals surface area contributed by atoms with E-state index in [0.717, 1.165) is 18.9 Å². The van der Waals surface area contributed by atoms with E-state index in [9.17, 15) is 14.0 Å². The van der Waals surface area contributed by atoms with Gasteiger partial charge in [-0.05, 0) is 36.4 Å². The number of benzene rings is 1. The number of pyridine rings is 1. The van der Waals surface area contributed by atoms with Gasteiger partial charge in [0.05, 0.1) is 5.75 Å². The van der Waals surface area contributed by atoms with E-state index in [2.05, 4.69) is 25.4 Å². The third-order valence-electron chi connectivity index (χ3n) is 4.82. The Kier molecular flexibility index (Phi) is 7.28.